The quantitative estimate of drug-likeness (QED) is 0.339. The summed E-state index contributed by atoms with van der Waals surface area (Å²) in [5.41, 5.74) is 2.31. The minimum atomic E-state index is -0.113. The average Bonchev–Trinajstić information content (AvgIpc) is 2.39. The van der Waals surface area contributed by atoms with Gasteiger partial charge in [0.05, 0.1) is 12.1 Å². The number of rotatable bonds is 3. The van der Waals surface area contributed by atoms with Gasteiger partial charge in [-0.05, 0) is 48.9 Å². The van der Waals surface area contributed by atoms with E-state index in [1.54, 1.807) is 0 Å². The third-order valence-corrected chi connectivity index (χ3v) is 5.17. The fraction of sp³-hybridized carbons (Fsp3) is 0.533. The molecule has 1 unspecified atom stereocenters. The second-order valence-electron chi connectivity index (χ2n) is 5.48. The maximum Gasteiger partial charge on any atom is 0.121 e. The summed E-state index contributed by atoms with van der Waals surface area (Å²) in [4.78, 5) is 3.44. The van der Waals surface area contributed by atoms with Gasteiger partial charge in [-0.25, -0.2) is 0 Å². The predicted octanol–water partition coefficient (Wildman–Crippen LogP) is 3.58. The summed E-state index contributed by atoms with van der Waals surface area (Å²) in [7, 11) is 0. The molecule has 1 aliphatic rings. The summed E-state index contributed by atoms with van der Waals surface area (Å²) in [5.74, 6) is 0. The zero-order valence-electron chi connectivity index (χ0n) is 11.6. The molecule has 2 rings (SSSR count). The molecule has 0 saturated carbocycles. The van der Waals surface area contributed by atoms with Crippen LogP contribution in [0.2, 0.25) is 0 Å². The first-order valence-corrected chi connectivity index (χ1v) is 8.19. The van der Waals surface area contributed by atoms with Crippen molar-refractivity contribution in [1.82, 2.24) is 4.90 Å². The molecular formula is C15H20INOS. The van der Waals surface area contributed by atoms with Gasteiger partial charge in [0.25, 0.3) is 0 Å². The number of hydrogen-bond donors (Lipinski definition) is 0. The number of thiocarbonyl (C=S) groups is 1. The van der Waals surface area contributed by atoms with Crippen LogP contribution >= 0.6 is 34.8 Å². The fourth-order valence-electron chi connectivity index (χ4n) is 2.32. The van der Waals surface area contributed by atoms with Crippen LogP contribution < -0.4 is 0 Å². The average molecular weight is 389 g/mol. The van der Waals surface area contributed by atoms with Crippen LogP contribution in [0.15, 0.2) is 24.3 Å². The molecule has 1 aliphatic heterocycles. The molecule has 1 saturated heterocycles. The minimum Gasteiger partial charge on any atom is -0.365 e. The van der Waals surface area contributed by atoms with Crippen molar-refractivity contribution >= 4 is 39.7 Å². The van der Waals surface area contributed by atoms with Crippen LogP contribution in [0.5, 0.6) is 0 Å². The summed E-state index contributed by atoms with van der Waals surface area (Å²) < 4.78 is 5.86. The molecule has 0 spiro atoms. The van der Waals surface area contributed by atoms with Gasteiger partial charge in [0, 0.05) is 18.0 Å². The van der Waals surface area contributed by atoms with E-state index in [1.165, 1.54) is 5.56 Å². The van der Waals surface area contributed by atoms with Gasteiger partial charge in [-0.15, -0.1) is 0 Å². The van der Waals surface area contributed by atoms with E-state index < -0.39 is 0 Å². The zero-order chi connectivity index (χ0) is 14.0. The highest BCUT2D eigenvalue weighted by atomic mass is 127. The minimum absolute atomic E-state index is 0.113. The lowest BCUT2D eigenvalue weighted by Crippen LogP contribution is -2.55. The molecule has 0 N–H and O–H groups in total. The molecule has 1 heterocycles. The molecule has 0 radical (unpaired) electrons. The molecule has 4 heteroatoms. The standard InChI is InChI=1S/C15H20INOS/c1-11-4-6-12(7-5-11)14(19)15(2,3)17-8-9-18-13(16)10-17/h4-7,13H,8-10H2,1-3H3. The third-order valence-electron chi connectivity index (χ3n) is 3.68. The van der Waals surface area contributed by atoms with E-state index in [2.05, 4.69) is 72.5 Å². The molecule has 1 atom stereocenters. The largest absolute Gasteiger partial charge is 0.365 e. The van der Waals surface area contributed by atoms with E-state index in [-0.39, 0.29) is 9.65 Å². The van der Waals surface area contributed by atoms with Gasteiger partial charge < -0.3 is 4.74 Å². The summed E-state index contributed by atoms with van der Waals surface area (Å²) in [6, 6.07) is 8.50. The topological polar surface area (TPSA) is 12.5 Å². The third kappa shape index (κ3) is 3.54. The Hall–Kier alpha value is -0.0400. The first-order chi connectivity index (χ1) is 8.91. The number of morpholine rings is 1. The zero-order valence-corrected chi connectivity index (χ0v) is 14.6. The fourth-order valence-corrected chi connectivity index (χ4v) is 3.31. The molecule has 1 fully saturated rings. The van der Waals surface area contributed by atoms with Crippen molar-refractivity contribution in [3.05, 3.63) is 35.4 Å². The molecule has 104 valence electrons. The first kappa shape index (κ1) is 15.4. The molecule has 19 heavy (non-hydrogen) atoms. The number of ether oxygens (including phenoxy) is 1. The van der Waals surface area contributed by atoms with Crippen LogP contribution in [0.3, 0.4) is 0 Å². The van der Waals surface area contributed by atoms with Crippen molar-refractivity contribution in [2.24, 2.45) is 0 Å². The molecular weight excluding hydrogens is 369 g/mol. The van der Waals surface area contributed by atoms with Crippen LogP contribution in [0.1, 0.15) is 25.0 Å². The number of benzene rings is 1. The Kier molecular flexibility index (Phi) is 4.98. The SMILES string of the molecule is Cc1ccc(C(=S)C(C)(C)N2CCOC(I)C2)cc1. The molecule has 0 aromatic heterocycles. The molecule has 1 aromatic carbocycles. The van der Waals surface area contributed by atoms with Gasteiger partial charge in [0.2, 0.25) is 0 Å². The summed E-state index contributed by atoms with van der Waals surface area (Å²) >= 11 is 8.08. The van der Waals surface area contributed by atoms with Crippen molar-refractivity contribution in [2.45, 2.75) is 30.4 Å². The van der Waals surface area contributed by atoms with E-state index in [4.69, 9.17) is 17.0 Å². The highest BCUT2D eigenvalue weighted by Gasteiger charge is 2.34. The molecule has 0 aliphatic carbocycles. The Labute approximate surface area is 134 Å². The number of alkyl halides is 1. The van der Waals surface area contributed by atoms with Crippen LogP contribution in [0, 0.1) is 6.92 Å². The van der Waals surface area contributed by atoms with Gasteiger partial charge in [-0.2, -0.15) is 0 Å². The normalized spacial score (nSPS) is 21.4. The number of halogens is 1. The van der Waals surface area contributed by atoms with Crippen LogP contribution in [0.4, 0.5) is 0 Å². The lowest BCUT2D eigenvalue weighted by Gasteiger charge is -2.42. The lowest BCUT2D eigenvalue weighted by molar-refractivity contribution is 0.00111. The Morgan fingerprint density at radius 1 is 1.37 bits per heavy atom. The van der Waals surface area contributed by atoms with Crippen LogP contribution in [0.25, 0.3) is 0 Å². The van der Waals surface area contributed by atoms with E-state index >= 15 is 0 Å². The Morgan fingerprint density at radius 2 is 2.00 bits per heavy atom. The van der Waals surface area contributed by atoms with E-state index in [0.29, 0.717) is 0 Å². The second kappa shape index (κ2) is 6.16. The van der Waals surface area contributed by atoms with Crippen molar-refractivity contribution in [1.29, 1.82) is 0 Å². The van der Waals surface area contributed by atoms with Crippen molar-refractivity contribution in [3.63, 3.8) is 0 Å². The Bertz CT molecular complexity index is 458. The van der Waals surface area contributed by atoms with Crippen molar-refractivity contribution < 1.29 is 4.74 Å². The molecule has 0 amide bonds. The smallest absolute Gasteiger partial charge is 0.121 e. The molecule has 2 nitrogen and oxygen atoms in total. The predicted molar refractivity (Wildman–Crippen MR) is 92.3 cm³/mol. The van der Waals surface area contributed by atoms with Gasteiger partial charge >= 0.3 is 0 Å². The second-order valence-corrected chi connectivity index (χ2v) is 7.28. The monoisotopic (exact) mass is 389 g/mol. The first-order valence-electron chi connectivity index (χ1n) is 6.53. The van der Waals surface area contributed by atoms with Gasteiger partial charge in [0.1, 0.15) is 4.11 Å². The van der Waals surface area contributed by atoms with Crippen molar-refractivity contribution in [2.75, 3.05) is 19.7 Å². The summed E-state index contributed by atoms with van der Waals surface area (Å²) in [5, 5.41) is 0. The highest BCUT2D eigenvalue weighted by Crippen LogP contribution is 2.25. The number of nitrogens with zero attached hydrogens (tertiary/aromatic N) is 1. The number of aryl methyl sites for hydroxylation is 1. The maximum absolute atomic E-state index is 5.73. The molecule has 1 aromatic rings. The van der Waals surface area contributed by atoms with Crippen molar-refractivity contribution in [3.8, 4) is 0 Å². The van der Waals surface area contributed by atoms with E-state index in [0.717, 1.165) is 30.1 Å². The maximum atomic E-state index is 5.73. The van der Waals surface area contributed by atoms with Gasteiger partial charge in [-0.3, -0.25) is 4.90 Å². The van der Waals surface area contributed by atoms with E-state index in [9.17, 15) is 0 Å². The van der Waals surface area contributed by atoms with E-state index in [1.807, 2.05) is 0 Å². The van der Waals surface area contributed by atoms with Crippen LogP contribution in [-0.2, 0) is 4.74 Å². The molecule has 0 bridgehead atoms. The number of hydrogen-bond acceptors (Lipinski definition) is 3. The summed E-state index contributed by atoms with van der Waals surface area (Å²) in [6.45, 7) is 9.18. The highest BCUT2D eigenvalue weighted by molar-refractivity contribution is 14.1. The lowest BCUT2D eigenvalue weighted by atomic mass is 9.92. The Morgan fingerprint density at radius 3 is 2.58 bits per heavy atom. The Balaban J connectivity index is 2.18. The van der Waals surface area contributed by atoms with Gasteiger partial charge in [0.15, 0.2) is 0 Å². The van der Waals surface area contributed by atoms with Gasteiger partial charge in [-0.1, -0.05) is 42.0 Å². The summed E-state index contributed by atoms with van der Waals surface area (Å²) in [6.07, 6.45) is 0. The van der Waals surface area contributed by atoms with Crippen LogP contribution in [-0.4, -0.2) is 39.1 Å².